The van der Waals surface area contributed by atoms with Crippen molar-refractivity contribution in [1.29, 1.82) is 0 Å². The summed E-state index contributed by atoms with van der Waals surface area (Å²) in [5.41, 5.74) is -0.422. The Morgan fingerprint density at radius 3 is 2.41 bits per heavy atom. The first kappa shape index (κ1) is 19.2. The van der Waals surface area contributed by atoms with Crippen molar-refractivity contribution in [2.24, 2.45) is 0 Å². The second kappa shape index (κ2) is 7.21. The van der Waals surface area contributed by atoms with Gasteiger partial charge in [0, 0.05) is 11.8 Å². The van der Waals surface area contributed by atoms with Gasteiger partial charge in [-0.1, -0.05) is 53.5 Å². The van der Waals surface area contributed by atoms with E-state index in [0.717, 1.165) is 17.9 Å². The topological polar surface area (TPSA) is 57.0 Å². The molecule has 0 bridgehead atoms. The van der Waals surface area contributed by atoms with Crippen molar-refractivity contribution in [3.05, 3.63) is 63.9 Å². The van der Waals surface area contributed by atoms with Gasteiger partial charge in [0.2, 0.25) is 0 Å². The van der Waals surface area contributed by atoms with Crippen LogP contribution in [0, 0.1) is 0 Å². The van der Waals surface area contributed by atoms with Crippen LogP contribution < -0.4 is 0 Å². The largest absolute Gasteiger partial charge is 0.464 e. The predicted octanol–water partition coefficient (Wildman–Crippen LogP) is 5.05. The number of carbonyl (C=O) groups excluding carboxylic acids is 1. The Bertz CT molecular complexity index is 1000. The van der Waals surface area contributed by atoms with Gasteiger partial charge in [0.15, 0.2) is 11.5 Å². The molecule has 0 aliphatic rings. The molecule has 5 nitrogen and oxygen atoms in total. The predicted molar refractivity (Wildman–Crippen MR) is 93.2 cm³/mol. The van der Waals surface area contributed by atoms with Gasteiger partial charge in [0.25, 0.3) is 0 Å². The number of rotatable bonds is 3. The van der Waals surface area contributed by atoms with Crippen LogP contribution in [0.2, 0.25) is 10.0 Å². The smallest absolute Gasteiger partial charge is 0.417 e. The highest BCUT2D eigenvalue weighted by molar-refractivity contribution is 6.36. The first-order valence-electron chi connectivity index (χ1n) is 7.39. The molecule has 3 rings (SSSR count). The van der Waals surface area contributed by atoms with Gasteiger partial charge < -0.3 is 4.74 Å². The van der Waals surface area contributed by atoms with Crippen molar-refractivity contribution >= 4 is 29.2 Å². The molecule has 0 fully saturated rings. The number of carbonyl (C=O) groups is 1. The second-order valence-electron chi connectivity index (χ2n) is 5.31. The fraction of sp³-hybridized carbons (Fsp3) is 0.118. The summed E-state index contributed by atoms with van der Waals surface area (Å²) in [6, 6.07) is 9.33. The lowest BCUT2D eigenvalue weighted by Gasteiger charge is -2.11. The molecule has 0 amide bonds. The van der Waals surface area contributed by atoms with Crippen molar-refractivity contribution in [3.63, 3.8) is 0 Å². The maximum absolute atomic E-state index is 12.9. The van der Waals surface area contributed by atoms with Crippen LogP contribution in [0.5, 0.6) is 0 Å². The minimum absolute atomic E-state index is 0.0363. The Morgan fingerprint density at radius 1 is 1.19 bits per heavy atom. The van der Waals surface area contributed by atoms with Crippen LogP contribution in [0.15, 0.2) is 42.6 Å². The summed E-state index contributed by atoms with van der Waals surface area (Å²) in [5, 5.41) is 3.72. The molecule has 0 spiro atoms. The third-order valence-corrected chi connectivity index (χ3v) is 4.24. The van der Waals surface area contributed by atoms with Crippen molar-refractivity contribution < 1.29 is 22.7 Å². The molecular weight excluding hydrogens is 406 g/mol. The number of pyridine rings is 1. The summed E-state index contributed by atoms with van der Waals surface area (Å²) in [4.78, 5) is 15.7. The Hall–Kier alpha value is -2.58. The van der Waals surface area contributed by atoms with Gasteiger partial charge in [-0.2, -0.15) is 18.3 Å². The van der Waals surface area contributed by atoms with E-state index in [2.05, 4.69) is 14.8 Å². The molecule has 140 valence electrons. The summed E-state index contributed by atoms with van der Waals surface area (Å²) in [5.74, 6) is -0.917. The highest BCUT2D eigenvalue weighted by Crippen LogP contribution is 2.36. The third kappa shape index (κ3) is 3.63. The number of halogens is 5. The number of esters is 1. The van der Waals surface area contributed by atoms with Crippen LogP contribution in [-0.4, -0.2) is 27.8 Å². The van der Waals surface area contributed by atoms with Crippen molar-refractivity contribution in [2.75, 3.05) is 7.11 Å². The van der Waals surface area contributed by atoms with Gasteiger partial charge in [-0.15, -0.1) is 0 Å². The van der Waals surface area contributed by atoms with E-state index in [9.17, 15) is 18.0 Å². The zero-order valence-corrected chi connectivity index (χ0v) is 15.1. The zero-order chi connectivity index (χ0) is 19.8. The summed E-state index contributed by atoms with van der Waals surface area (Å²) in [6.45, 7) is 0. The van der Waals surface area contributed by atoms with Crippen molar-refractivity contribution in [3.8, 4) is 17.1 Å². The van der Waals surface area contributed by atoms with Crippen LogP contribution in [0.3, 0.4) is 0 Å². The molecule has 10 heteroatoms. The number of methoxy groups -OCH3 is 1. The van der Waals surface area contributed by atoms with E-state index < -0.39 is 17.7 Å². The van der Waals surface area contributed by atoms with Gasteiger partial charge in [-0.25, -0.2) is 14.5 Å². The maximum atomic E-state index is 12.9. The molecule has 0 aliphatic carbocycles. The maximum Gasteiger partial charge on any atom is 0.417 e. The molecule has 2 aromatic heterocycles. The molecule has 1 aromatic carbocycles. The quantitative estimate of drug-likeness (QED) is 0.561. The lowest BCUT2D eigenvalue weighted by molar-refractivity contribution is -0.137. The van der Waals surface area contributed by atoms with Crippen LogP contribution in [0.25, 0.3) is 17.1 Å². The van der Waals surface area contributed by atoms with Crippen LogP contribution >= 0.6 is 23.2 Å². The number of hydrogen-bond donors (Lipinski definition) is 0. The number of ether oxygens (including phenoxy) is 1. The molecule has 27 heavy (non-hydrogen) atoms. The molecular formula is C17H10Cl2F3N3O2. The molecule has 0 N–H and O–H groups in total. The van der Waals surface area contributed by atoms with Gasteiger partial charge in [-0.3, -0.25) is 0 Å². The Balaban J connectivity index is 2.25. The van der Waals surface area contributed by atoms with Gasteiger partial charge >= 0.3 is 12.1 Å². The van der Waals surface area contributed by atoms with E-state index in [-0.39, 0.29) is 27.3 Å². The molecule has 0 saturated heterocycles. The first-order chi connectivity index (χ1) is 12.7. The molecule has 2 heterocycles. The van der Waals surface area contributed by atoms with Crippen LogP contribution in [-0.2, 0) is 10.9 Å². The highest BCUT2D eigenvalue weighted by Gasteiger charge is 2.32. The molecule has 3 aromatic rings. The molecule has 0 saturated carbocycles. The minimum atomic E-state index is -4.60. The fourth-order valence-electron chi connectivity index (χ4n) is 2.37. The Kier molecular flexibility index (Phi) is 5.12. The molecule has 0 atom stereocenters. The summed E-state index contributed by atoms with van der Waals surface area (Å²) < 4.78 is 44.4. The Morgan fingerprint density at radius 2 is 1.85 bits per heavy atom. The number of nitrogens with zero attached hydrogens (tertiary/aromatic N) is 3. The SMILES string of the molecule is COC(=O)c1nn(-c2ncc(C(F)(F)F)cc2Cl)c(-c2ccccc2)c1Cl. The molecule has 0 unspecified atom stereocenters. The normalized spacial score (nSPS) is 11.5. The summed E-state index contributed by atoms with van der Waals surface area (Å²) in [6.07, 6.45) is -3.97. The van der Waals surface area contributed by atoms with E-state index in [4.69, 9.17) is 23.2 Å². The number of benzene rings is 1. The standard InChI is InChI=1S/C17H10Cl2F3N3O2/c1-27-16(26)13-12(19)14(9-5-3-2-4-6-9)25(24-13)15-11(18)7-10(8-23-15)17(20,21)22/h2-8H,1H3. The van der Waals surface area contributed by atoms with Gasteiger partial charge in [-0.05, 0) is 6.07 Å². The van der Waals surface area contributed by atoms with E-state index in [1.165, 1.54) is 0 Å². The Labute approximate surface area is 161 Å². The average Bonchev–Trinajstić information content (AvgIpc) is 2.98. The minimum Gasteiger partial charge on any atom is -0.464 e. The van der Waals surface area contributed by atoms with E-state index in [0.29, 0.717) is 11.8 Å². The van der Waals surface area contributed by atoms with Gasteiger partial charge in [0.1, 0.15) is 5.02 Å². The number of aromatic nitrogens is 3. The summed E-state index contributed by atoms with van der Waals surface area (Å²) in [7, 11) is 1.16. The van der Waals surface area contributed by atoms with E-state index in [1.807, 2.05) is 0 Å². The van der Waals surface area contributed by atoms with E-state index >= 15 is 0 Å². The van der Waals surface area contributed by atoms with Gasteiger partial charge in [0.05, 0.1) is 23.4 Å². The number of alkyl halides is 3. The zero-order valence-electron chi connectivity index (χ0n) is 13.6. The monoisotopic (exact) mass is 415 g/mol. The molecule has 0 radical (unpaired) electrons. The van der Waals surface area contributed by atoms with Crippen LogP contribution in [0.1, 0.15) is 16.1 Å². The lowest BCUT2D eigenvalue weighted by atomic mass is 10.1. The van der Waals surface area contributed by atoms with Crippen LogP contribution in [0.4, 0.5) is 13.2 Å². The number of hydrogen-bond acceptors (Lipinski definition) is 4. The highest BCUT2D eigenvalue weighted by atomic mass is 35.5. The first-order valence-corrected chi connectivity index (χ1v) is 8.15. The van der Waals surface area contributed by atoms with Crippen molar-refractivity contribution in [2.45, 2.75) is 6.18 Å². The molecule has 0 aliphatic heterocycles. The second-order valence-corrected chi connectivity index (χ2v) is 6.09. The summed E-state index contributed by atoms with van der Waals surface area (Å²) >= 11 is 12.3. The van der Waals surface area contributed by atoms with Crippen molar-refractivity contribution in [1.82, 2.24) is 14.8 Å². The van der Waals surface area contributed by atoms with E-state index in [1.54, 1.807) is 30.3 Å². The average molecular weight is 416 g/mol. The fourth-order valence-corrected chi connectivity index (χ4v) is 2.92. The third-order valence-electron chi connectivity index (χ3n) is 3.60. The lowest BCUT2D eigenvalue weighted by Crippen LogP contribution is -2.09.